The van der Waals surface area contributed by atoms with Crippen molar-refractivity contribution in [1.29, 1.82) is 0 Å². The largest absolute Gasteiger partial charge is 0.490 e. The van der Waals surface area contributed by atoms with Crippen molar-refractivity contribution in [1.82, 2.24) is 0 Å². The van der Waals surface area contributed by atoms with Gasteiger partial charge in [-0.05, 0) is 19.8 Å². The van der Waals surface area contributed by atoms with Crippen LogP contribution in [-0.2, 0) is 9.59 Å². The van der Waals surface area contributed by atoms with Crippen molar-refractivity contribution in [2.45, 2.75) is 51.5 Å². The zero-order valence-electron chi connectivity index (χ0n) is 11.5. The molecule has 0 fully saturated rings. The Kier molecular flexibility index (Phi) is 11.0. The highest BCUT2D eigenvalue weighted by molar-refractivity contribution is 5.73. The van der Waals surface area contributed by atoms with Gasteiger partial charge in [0.15, 0.2) is 0 Å². The third kappa shape index (κ3) is 18.5. The van der Waals surface area contributed by atoms with E-state index in [1.54, 1.807) is 0 Å². The summed E-state index contributed by atoms with van der Waals surface area (Å²) < 4.78 is 63.5. The Labute approximate surface area is 116 Å². The van der Waals surface area contributed by atoms with Crippen LogP contribution in [0.4, 0.5) is 26.3 Å². The highest BCUT2D eigenvalue weighted by atomic mass is 19.4. The summed E-state index contributed by atoms with van der Waals surface area (Å²) >= 11 is 0. The Morgan fingerprint density at radius 2 is 1.00 bits per heavy atom. The summed E-state index contributed by atoms with van der Waals surface area (Å²) in [5.74, 6) is -5.51. The van der Waals surface area contributed by atoms with Crippen LogP contribution < -0.4 is 5.73 Å². The number of carbonyl (C=O) groups is 2. The summed E-state index contributed by atoms with van der Waals surface area (Å²) in [5.41, 5.74) is 5.80. The van der Waals surface area contributed by atoms with Crippen LogP contribution in [-0.4, -0.2) is 40.0 Å². The molecule has 4 N–H and O–H groups in total. The van der Waals surface area contributed by atoms with Gasteiger partial charge in [0.25, 0.3) is 0 Å². The summed E-state index contributed by atoms with van der Waals surface area (Å²) in [6, 6.07) is 0. The normalized spacial score (nSPS) is 11.5. The Balaban J connectivity index is -0.000000231. The molecule has 0 amide bonds. The zero-order valence-corrected chi connectivity index (χ0v) is 11.5. The van der Waals surface area contributed by atoms with E-state index < -0.39 is 24.3 Å². The fourth-order valence-corrected chi connectivity index (χ4v) is 0.250. The van der Waals surface area contributed by atoms with Crippen molar-refractivity contribution in [3.8, 4) is 0 Å². The second-order valence-electron chi connectivity index (χ2n) is 3.97. The number of hydrogen-bond donors (Lipinski definition) is 3. The van der Waals surface area contributed by atoms with E-state index in [1.165, 1.54) is 0 Å². The third-order valence-electron chi connectivity index (χ3n) is 2.10. The van der Waals surface area contributed by atoms with Gasteiger partial charge in [-0.2, -0.15) is 26.3 Å². The summed E-state index contributed by atoms with van der Waals surface area (Å²) in [7, 11) is 0. The van der Waals surface area contributed by atoms with Gasteiger partial charge in [0, 0.05) is 5.54 Å². The molecule has 5 nitrogen and oxygen atoms in total. The maximum Gasteiger partial charge on any atom is 0.490 e. The van der Waals surface area contributed by atoms with E-state index in [9.17, 15) is 26.3 Å². The van der Waals surface area contributed by atoms with Crippen LogP contribution in [0.3, 0.4) is 0 Å². The number of carboxylic acid groups (broad SMARTS) is 2. The number of hydrogen-bond acceptors (Lipinski definition) is 3. The van der Waals surface area contributed by atoms with Crippen LogP contribution in [0.5, 0.6) is 0 Å². The van der Waals surface area contributed by atoms with Crippen LogP contribution in [0.15, 0.2) is 0 Å². The van der Waals surface area contributed by atoms with Crippen LogP contribution in [0.2, 0.25) is 0 Å². The van der Waals surface area contributed by atoms with E-state index in [0.29, 0.717) is 0 Å². The molecule has 0 unspecified atom stereocenters. The van der Waals surface area contributed by atoms with E-state index in [2.05, 4.69) is 20.8 Å². The van der Waals surface area contributed by atoms with Crippen molar-refractivity contribution < 1.29 is 46.1 Å². The van der Waals surface area contributed by atoms with Crippen LogP contribution in [0, 0.1) is 0 Å². The van der Waals surface area contributed by atoms with Gasteiger partial charge in [0.1, 0.15) is 0 Å². The molecule has 0 aliphatic carbocycles. The predicted octanol–water partition coefficient (Wildman–Crippen LogP) is 2.79. The van der Waals surface area contributed by atoms with Gasteiger partial charge >= 0.3 is 24.3 Å². The first kappa shape index (κ1) is 24.5. The second kappa shape index (κ2) is 9.42. The van der Waals surface area contributed by atoms with Crippen molar-refractivity contribution in [2.24, 2.45) is 5.73 Å². The second-order valence-corrected chi connectivity index (χ2v) is 3.97. The molecule has 0 spiro atoms. The van der Waals surface area contributed by atoms with Gasteiger partial charge in [-0.15, -0.1) is 0 Å². The molecule has 0 aliphatic heterocycles. The lowest BCUT2D eigenvalue weighted by atomic mass is 9.98. The summed E-state index contributed by atoms with van der Waals surface area (Å²) in [6.07, 6.45) is -8.02. The molecule has 0 bridgehead atoms. The van der Waals surface area contributed by atoms with E-state index in [4.69, 9.17) is 25.5 Å². The average Bonchev–Trinajstić information content (AvgIpc) is 2.28. The number of carboxylic acids is 2. The van der Waals surface area contributed by atoms with E-state index in [1.807, 2.05) is 0 Å². The Morgan fingerprint density at radius 3 is 1.00 bits per heavy atom. The smallest absolute Gasteiger partial charge is 0.475 e. The Bertz CT molecular complexity index is 294. The molecule has 0 rings (SSSR count). The molecule has 128 valence electrons. The maximum atomic E-state index is 10.6. The first-order valence-corrected chi connectivity index (χ1v) is 5.40. The van der Waals surface area contributed by atoms with Crippen molar-refractivity contribution in [3.63, 3.8) is 0 Å². The third-order valence-corrected chi connectivity index (χ3v) is 2.10. The predicted molar refractivity (Wildman–Crippen MR) is 60.6 cm³/mol. The fraction of sp³-hybridized carbons (Fsp3) is 0.800. The average molecular weight is 329 g/mol. The van der Waals surface area contributed by atoms with E-state index >= 15 is 0 Å². The number of halogens is 6. The molecule has 0 radical (unpaired) electrons. The van der Waals surface area contributed by atoms with Crippen molar-refractivity contribution >= 4 is 11.9 Å². The van der Waals surface area contributed by atoms with Crippen molar-refractivity contribution in [2.75, 3.05) is 0 Å². The summed E-state index contributed by atoms with van der Waals surface area (Å²) in [5, 5.41) is 14.2. The van der Waals surface area contributed by atoms with Gasteiger partial charge in [0.2, 0.25) is 0 Å². The number of alkyl halides is 6. The molecule has 0 saturated heterocycles. The molecule has 11 heteroatoms. The SMILES string of the molecule is CCC(C)(N)CC.O=C(O)C(F)(F)F.O=C(O)C(F)(F)F. The number of rotatable bonds is 2. The minimum atomic E-state index is -5.08. The topological polar surface area (TPSA) is 101 Å². The van der Waals surface area contributed by atoms with Gasteiger partial charge in [-0.25, -0.2) is 9.59 Å². The summed E-state index contributed by atoms with van der Waals surface area (Å²) in [6.45, 7) is 6.31. The molecular formula is C10H17F6NO4. The van der Waals surface area contributed by atoms with Gasteiger partial charge in [-0.1, -0.05) is 13.8 Å². The zero-order chi connectivity index (χ0) is 18.1. The first-order valence-electron chi connectivity index (χ1n) is 5.40. The molecule has 0 atom stereocenters. The molecule has 0 aromatic heterocycles. The van der Waals surface area contributed by atoms with Gasteiger partial charge in [0.05, 0.1) is 0 Å². The molecule has 0 aliphatic rings. The standard InChI is InChI=1S/C6H15N.2C2HF3O2/c1-4-6(3,7)5-2;2*3-2(4,5)1(6)7/h4-5,7H2,1-3H3;2*(H,6,7). The number of nitrogens with two attached hydrogens (primary N) is 1. The molecule has 0 aromatic rings. The van der Waals surface area contributed by atoms with Crippen LogP contribution in [0.25, 0.3) is 0 Å². The molecule has 0 aromatic carbocycles. The first-order chi connectivity index (χ1) is 9.01. The molecular weight excluding hydrogens is 312 g/mol. The van der Waals surface area contributed by atoms with Crippen molar-refractivity contribution in [3.05, 3.63) is 0 Å². The highest BCUT2D eigenvalue weighted by Crippen LogP contribution is 2.13. The minimum absolute atomic E-state index is 0.0833. The monoisotopic (exact) mass is 329 g/mol. The lowest BCUT2D eigenvalue weighted by Gasteiger charge is -2.18. The van der Waals surface area contributed by atoms with Gasteiger partial charge < -0.3 is 15.9 Å². The van der Waals surface area contributed by atoms with Gasteiger partial charge in [-0.3, -0.25) is 0 Å². The quantitative estimate of drug-likeness (QED) is 0.676. The minimum Gasteiger partial charge on any atom is -0.475 e. The lowest BCUT2D eigenvalue weighted by Crippen LogP contribution is -2.33. The number of aliphatic carboxylic acids is 2. The Hall–Kier alpha value is -1.52. The lowest BCUT2D eigenvalue weighted by molar-refractivity contribution is -0.193. The van der Waals surface area contributed by atoms with E-state index in [0.717, 1.165) is 12.8 Å². The Morgan fingerprint density at radius 1 is 0.857 bits per heavy atom. The van der Waals surface area contributed by atoms with Crippen LogP contribution in [0.1, 0.15) is 33.6 Å². The highest BCUT2D eigenvalue weighted by Gasteiger charge is 2.38. The summed E-state index contributed by atoms with van der Waals surface area (Å²) in [4.78, 5) is 17.8. The van der Waals surface area contributed by atoms with Crippen LogP contribution >= 0.6 is 0 Å². The van der Waals surface area contributed by atoms with E-state index in [-0.39, 0.29) is 5.54 Å². The molecule has 0 saturated carbocycles. The maximum absolute atomic E-state index is 10.6. The fourth-order valence-electron chi connectivity index (χ4n) is 0.250. The molecule has 21 heavy (non-hydrogen) atoms. The molecule has 0 heterocycles.